The van der Waals surface area contributed by atoms with Crippen LogP contribution in [0.1, 0.15) is 0 Å². The van der Waals surface area contributed by atoms with Crippen LogP contribution in [-0.2, 0) is 4.79 Å². The van der Waals surface area contributed by atoms with E-state index in [1.54, 1.807) is 18.3 Å². The van der Waals surface area contributed by atoms with Crippen molar-refractivity contribution >= 4 is 29.0 Å². The summed E-state index contributed by atoms with van der Waals surface area (Å²) in [4.78, 5) is 24.5. The molecule has 0 atom stereocenters. The Kier molecular flexibility index (Phi) is 5.22. The molecule has 2 aromatic rings. The molecule has 1 fully saturated rings. The Bertz CT molecular complexity index is 704. The fourth-order valence-electron chi connectivity index (χ4n) is 2.56. The smallest absolute Gasteiger partial charge is 0.238 e. The summed E-state index contributed by atoms with van der Waals surface area (Å²) in [5.41, 5.74) is 0.592. The Morgan fingerprint density at radius 3 is 2.54 bits per heavy atom. The topological polar surface area (TPSA) is 61.4 Å². The van der Waals surface area contributed by atoms with Gasteiger partial charge < -0.3 is 10.2 Å². The van der Waals surface area contributed by atoms with Gasteiger partial charge in [-0.1, -0.05) is 11.6 Å². The molecule has 126 valence electrons. The van der Waals surface area contributed by atoms with E-state index < -0.39 is 0 Å². The lowest BCUT2D eigenvalue weighted by Crippen LogP contribution is -2.49. The first-order chi connectivity index (χ1) is 11.6. The van der Waals surface area contributed by atoms with Gasteiger partial charge in [-0.15, -0.1) is 0 Å². The van der Waals surface area contributed by atoms with Gasteiger partial charge >= 0.3 is 0 Å². The standard InChI is InChI=1S/C16H17ClFN5O/c17-14-9-19-10-15(21-14)23-7-5-22(6-8-23)11-16(24)20-13-3-1-12(18)2-4-13/h1-4,9-10H,5-8,11H2,(H,20,24). The third-order valence-electron chi connectivity index (χ3n) is 3.78. The third-order valence-corrected chi connectivity index (χ3v) is 3.97. The molecule has 24 heavy (non-hydrogen) atoms. The maximum Gasteiger partial charge on any atom is 0.238 e. The van der Waals surface area contributed by atoms with Crippen molar-refractivity contribution in [2.45, 2.75) is 0 Å². The van der Waals surface area contributed by atoms with Crippen molar-refractivity contribution in [1.82, 2.24) is 14.9 Å². The summed E-state index contributed by atoms with van der Waals surface area (Å²) in [6.07, 6.45) is 3.18. The van der Waals surface area contributed by atoms with Crippen molar-refractivity contribution < 1.29 is 9.18 Å². The van der Waals surface area contributed by atoms with Gasteiger partial charge in [-0.3, -0.25) is 14.7 Å². The first-order valence-electron chi connectivity index (χ1n) is 7.60. The molecular formula is C16H17ClFN5O. The molecule has 1 aliphatic rings. The predicted octanol–water partition coefficient (Wildman–Crippen LogP) is 2.03. The van der Waals surface area contributed by atoms with E-state index in [-0.39, 0.29) is 11.7 Å². The summed E-state index contributed by atoms with van der Waals surface area (Å²) < 4.78 is 12.9. The lowest BCUT2D eigenvalue weighted by molar-refractivity contribution is -0.117. The number of hydrogen-bond acceptors (Lipinski definition) is 5. The van der Waals surface area contributed by atoms with E-state index in [1.165, 1.54) is 18.3 Å². The minimum Gasteiger partial charge on any atom is -0.353 e. The van der Waals surface area contributed by atoms with Crippen molar-refractivity contribution in [2.24, 2.45) is 0 Å². The summed E-state index contributed by atoms with van der Waals surface area (Å²) in [7, 11) is 0. The number of carbonyl (C=O) groups excluding carboxylic acids is 1. The average molecular weight is 350 g/mol. The molecule has 1 aromatic heterocycles. The van der Waals surface area contributed by atoms with Gasteiger partial charge in [0.25, 0.3) is 0 Å². The van der Waals surface area contributed by atoms with Crippen LogP contribution in [0.2, 0.25) is 5.15 Å². The van der Waals surface area contributed by atoms with E-state index in [1.807, 2.05) is 0 Å². The number of hydrogen-bond donors (Lipinski definition) is 1. The number of rotatable bonds is 4. The minimum absolute atomic E-state index is 0.113. The van der Waals surface area contributed by atoms with Crippen LogP contribution in [0.5, 0.6) is 0 Å². The second-order valence-electron chi connectivity index (χ2n) is 5.52. The zero-order valence-corrected chi connectivity index (χ0v) is 13.7. The molecule has 0 radical (unpaired) electrons. The van der Waals surface area contributed by atoms with Crippen molar-refractivity contribution in [1.29, 1.82) is 0 Å². The highest BCUT2D eigenvalue weighted by molar-refractivity contribution is 6.29. The number of nitrogens with one attached hydrogen (secondary N) is 1. The number of anilines is 2. The molecule has 8 heteroatoms. The van der Waals surface area contributed by atoms with E-state index in [0.29, 0.717) is 17.4 Å². The number of piperazine rings is 1. The van der Waals surface area contributed by atoms with Crippen LogP contribution in [0.15, 0.2) is 36.7 Å². The molecule has 6 nitrogen and oxygen atoms in total. The molecule has 1 N–H and O–H groups in total. The molecule has 0 unspecified atom stereocenters. The van der Waals surface area contributed by atoms with E-state index in [2.05, 4.69) is 25.1 Å². The van der Waals surface area contributed by atoms with Gasteiger partial charge in [-0.25, -0.2) is 9.37 Å². The van der Waals surface area contributed by atoms with Crippen LogP contribution < -0.4 is 10.2 Å². The molecule has 1 aromatic carbocycles. The zero-order chi connectivity index (χ0) is 16.9. The summed E-state index contributed by atoms with van der Waals surface area (Å²) >= 11 is 5.86. The lowest BCUT2D eigenvalue weighted by atomic mass is 10.3. The van der Waals surface area contributed by atoms with Crippen molar-refractivity contribution in [3.63, 3.8) is 0 Å². The van der Waals surface area contributed by atoms with Crippen molar-refractivity contribution in [2.75, 3.05) is 42.9 Å². The SMILES string of the molecule is O=C(CN1CCN(c2cncc(Cl)n2)CC1)Nc1ccc(F)cc1. The fourth-order valence-corrected chi connectivity index (χ4v) is 2.70. The molecule has 1 amide bonds. The second kappa shape index (κ2) is 7.55. The highest BCUT2D eigenvalue weighted by Gasteiger charge is 2.20. The molecule has 0 saturated carbocycles. The summed E-state index contributed by atoms with van der Waals surface area (Å²) in [6.45, 7) is 3.28. The lowest BCUT2D eigenvalue weighted by Gasteiger charge is -2.34. The third kappa shape index (κ3) is 4.39. The van der Waals surface area contributed by atoms with Gasteiger partial charge in [0.15, 0.2) is 0 Å². The van der Waals surface area contributed by atoms with Crippen LogP contribution >= 0.6 is 11.6 Å². The first kappa shape index (κ1) is 16.6. The monoisotopic (exact) mass is 349 g/mol. The van der Waals surface area contributed by atoms with Crippen LogP contribution in [-0.4, -0.2) is 53.5 Å². The minimum atomic E-state index is -0.326. The zero-order valence-electron chi connectivity index (χ0n) is 13.0. The fraction of sp³-hybridized carbons (Fsp3) is 0.312. The van der Waals surface area contributed by atoms with E-state index in [4.69, 9.17) is 11.6 Å². The molecule has 3 rings (SSSR count). The van der Waals surface area contributed by atoms with Gasteiger partial charge in [0.05, 0.1) is 18.9 Å². The van der Waals surface area contributed by atoms with Crippen LogP contribution in [0.3, 0.4) is 0 Å². The Labute approximate surface area is 144 Å². The van der Waals surface area contributed by atoms with Gasteiger partial charge in [0.1, 0.15) is 16.8 Å². The number of halogens is 2. The Balaban J connectivity index is 1.48. The molecule has 0 bridgehead atoms. The first-order valence-corrected chi connectivity index (χ1v) is 7.98. The quantitative estimate of drug-likeness (QED) is 0.915. The molecule has 0 aliphatic carbocycles. The molecule has 1 saturated heterocycles. The van der Waals surface area contributed by atoms with Crippen LogP contribution in [0.25, 0.3) is 0 Å². The average Bonchev–Trinajstić information content (AvgIpc) is 2.58. The molecule has 0 spiro atoms. The summed E-state index contributed by atoms with van der Waals surface area (Å²) in [6, 6.07) is 5.73. The number of nitrogens with zero attached hydrogens (tertiary/aromatic N) is 4. The Morgan fingerprint density at radius 1 is 1.17 bits per heavy atom. The number of carbonyl (C=O) groups is 1. The maximum atomic E-state index is 12.9. The largest absolute Gasteiger partial charge is 0.353 e. The van der Waals surface area contributed by atoms with Crippen LogP contribution in [0, 0.1) is 5.82 Å². The Hall–Kier alpha value is -2.25. The highest BCUT2D eigenvalue weighted by Crippen LogP contribution is 2.15. The molecular weight excluding hydrogens is 333 g/mol. The van der Waals surface area contributed by atoms with Gasteiger partial charge in [-0.05, 0) is 24.3 Å². The van der Waals surface area contributed by atoms with Gasteiger partial charge in [0, 0.05) is 31.9 Å². The molecule has 1 aliphatic heterocycles. The van der Waals surface area contributed by atoms with E-state index >= 15 is 0 Å². The summed E-state index contributed by atoms with van der Waals surface area (Å²) in [5.74, 6) is 0.309. The molecule has 2 heterocycles. The Morgan fingerprint density at radius 2 is 1.88 bits per heavy atom. The van der Waals surface area contributed by atoms with Crippen molar-refractivity contribution in [3.05, 3.63) is 47.6 Å². The van der Waals surface area contributed by atoms with Gasteiger partial charge in [-0.2, -0.15) is 0 Å². The summed E-state index contributed by atoms with van der Waals surface area (Å²) in [5, 5.41) is 3.14. The van der Waals surface area contributed by atoms with Crippen molar-refractivity contribution in [3.8, 4) is 0 Å². The highest BCUT2D eigenvalue weighted by atomic mass is 35.5. The van der Waals surface area contributed by atoms with Gasteiger partial charge in [0.2, 0.25) is 5.91 Å². The van der Waals surface area contributed by atoms with Crippen LogP contribution in [0.4, 0.5) is 15.9 Å². The van der Waals surface area contributed by atoms with E-state index in [9.17, 15) is 9.18 Å². The predicted molar refractivity (Wildman–Crippen MR) is 90.7 cm³/mol. The second-order valence-corrected chi connectivity index (χ2v) is 5.91. The number of aromatic nitrogens is 2. The van der Waals surface area contributed by atoms with E-state index in [0.717, 1.165) is 32.0 Å². The normalized spacial score (nSPS) is 15.3. The maximum absolute atomic E-state index is 12.9. The number of amides is 1. The number of benzene rings is 1.